The molecule has 3 aromatic rings. The fourth-order valence-electron chi connectivity index (χ4n) is 2.20. The molecular formula is C15H16N4. The molecule has 2 aromatic heterocycles. The number of anilines is 1. The lowest BCUT2D eigenvalue weighted by atomic mass is 10.1. The van der Waals surface area contributed by atoms with Gasteiger partial charge in [0.05, 0.1) is 17.9 Å². The first-order valence-corrected chi connectivity index (χ1v) is 6.33. The number of pyridine rings is 1. The first-order chi connectivity index (χ1) is 9.25. The molecule has 96 valence electrons. The Labute approximate surface area is 112 Å². The zero-order valence-corrected chi connectivity index (χ0v) is 11.0. The minimum absolute atomic E-state index is 0.196. The fraction of sp³-hybridized carbons (Fsp3) is 0.200. The number of rotatable bonds is 3. The van der Waals surface area contributed by atoms with Crippen LogP contribution in [0.1, 0.15) is 18.5 Å². The van der Waals surface area contributed by atoms with Crippen molar-refractivity contribution in [3.05, 3.63) is 54.5 Å². The predicted molar refractivity (Wildman–Crippen MR) is 77.0 cm³/mol. The molecule has 0 spiro atoms. The summed E-state index contributed by atoms with van der Waals surface area (Å²) in [5.74, 6) is 0.828. The van der Waals surface area contributed by atoms with E-state index in [0.717, 1.165) is 16.9 Å². The van der Waals surface area contributed by atoms with Gasteiger partial charge in [-0.3, -0.25) is 0 Å². The number of fused-ring (bicyclic) bond motifs is 1. The minimum Gasteiger partial charge on any atom is -0.362 e. The van der Waals surface area contributed by atoms with Crippen molar-refractivity contribution in [3.8, 4) is 0 Å². The summed E-state index contributed by atoms with van der Waals surface area (Å²) in [5, 5.41) is 3.43. The lowest BCUT2D eigenvalue weighted by molar-refractivity contribution is 0.877. The molecule has 0 radical (unpaired) electrons. The maximum atomic E-state index is 4.40. The second-order valence-electron chi connectivity index (χ2n) is 4.66. The molecule has 0 saturated heterocycles. The third-order valence-corrected chi connectivity index (χ3v) is 3.30. The third-order valence-electron chi connectivity index (χ3n) is 3.30. The average Bonchev–Trinajstić information content (AvgIpc) is 2.83. The summed E-state index contributed by atoms with van der Waals surface area (Å²) < 4.78 is 2.00. The second-order valence-corrected chi connectivity index (χ2v) is 4.66. The normalized spacial score (nSPS) is 12.5. The Kier molecular flexibility index (Phi) is 2.91. The van der Waals surface area contributed by atoms with Crippen LogP contribution in [-0.2, 0) is 7.05 Å². The molecular weight excluding hydrogens is 236 g/mol. The molecule has 0 bridgehead atoms. The van der Waals surface area contributed by atoms with Crippen LogP contribution >= 0.6 is 0 Å². The zero-order chi connectivity index (χ0) is 13.2. The van der Waals surface area contributed by atoms with Crippen molar-refractivity contribution in [1.29, 1.82) is 0 Å². The van der Waals surface area contributed by atoms with Gasteiger partial charge in [0.15, 0.2) is 5.82 Å². The van der Waals surface area contributed by atoms with E-state index in [1.54, 1.807) is 0 Å². The van der Waals surface area contributed by atoms with E-state index in [9.17, 15) is 0 Å². The Morgan fingerprint density at radius 2 is 1.89 bits per heavy atom. The SMILES string of the molecule is CC(Nc1nccc2c1ncn2C)c1ccccc1. The van der Waals surface area contributed by atoms with E-state index in [2.05, 4.69) is 34.3 Å². The van der Waals surface area contributed by atoms with E-state index in [-0.39, 0.29) is 6.04 Å². The third kappa shape index (κ3) is 2.17. The number of benzene rings is 1. The van der Waals surface area contributed by atoms with Crippen LogP contribution < -0.4 is 5.32 Å². The van der Waals surface area contributed by atoms with E-state index in [0.29, 0.717) is 0 Å². The van der Waals surface area contributed by atoms with Crippen molar-refractivity contribution < 1.29 is 0 Å². The van der Waals surface area contributed by atoms with Crippen LogP contribution in [0.5, 0.6) is 0 Å². The Morgan fingerprint density at radius 3 is 2.68 bits per heavy atom. The first kappa shape index (κ1) is 11.7. The lowest BCUT2D eigenvalue weighted by Crippen LogP contribution is -2.08. The van der Waals surface area contributed by atoms with Crippen LogP contribution in [0.4, 0.5) is 5.82 Å². The number of hydrogen-bond donors (Lipinski definition) is 1. The molecule has 1 N–H and O–H groups in total. The van der Waals surface area contributed by atoms with Gasteiger partial charge >= 0.3 is 0 Å². The Balaban J connectivity index is 1.93. The van der Waals surface area contributed by atoms with Crippen LogP contribution in [0.2, 0.25) is 0 Å². The first-order valence-electron chi connectivity index (χ1n) is 6.33. The maximum absolute atomic E-state index is 4.40. The summed E-state index contributed by atoms with van der Waals surface area (Å²) in [4.78, 5) is 8.80. The van der Waals surface area contributed by atoms with E-state index < -0.39 is 0 Å². The van der Waals surface area contributed by atoms with Gasteiger partial charge in [0.25, 0.3) is 0 Å². The van der Waals surface area contributed by atoms with Crippen molar-refractivity contribution >= 4 is 16.9 Å². The number of nitrogens with one attached hydrogen (secondary N) is 1. The Bertz CT molecular complexity index is 688. The molecule has 0 aliphatic heterocycles. The van der Waals surface area contributed by atoms with Crippen molar-refractivity contribution in [2.75, 3.05) is 5.32 Å². The molecule has 3 rings (SSSR count). The molecule has 0 aliphatic rings. The van der Waals surface area contributed by atoms with Gasteiger partial charge < -0.3 is 9.88 Å². The summed E-state index contributed by atoms with van der Waals surface area (Å²) in [5.41, 5.74) is 3.22. The van der Waals surface area contributed by atoms with Gasteiger partial charge in [-0.05, 0) is 18.6 Å². The Morgan fingerprint density at radius 1 is 1.11 bits per heavy atom. The second kappa shape index (κ2) is 4.72. The number of aromatic nitrogens is 3. The highest BCUT2D eigenvalue weighted by Gasteiger charge is 2.10. The number of hydrogen-bond acceptors (Lipinski definition) is 3. The van der Waals surface area contributed by atoms with Gasteiger partial charge in [-0.1, -0.05) is 30.3 Å². The van der Waals surface area contributed by atoms with Gasteiger partial charge in [0, 0.05) is 13.2 Å². The van der Waals surface area contributed by atoms with Gasteiger partial charge in [-0.25, -0.2) is 9.97 Å². The molecule has 19 heavy (non-hydrogen) atoms. The van der Waals surface area contributed by atoms with Crippen molar-refractivity contribution in [1.82, 2.24) is 14.5 Å². The number of aryl methyl sites for hydroxylation is 1. The van der Waals surface area contributed by atoms with Crippen LogP contribution in [0.25, 0.3) is 11.0 Å². The molecule has 0 saturated carbocycles. The quantitative estimate of drug-likeness (QED) is 0.778. The van der Waals surface area contributed by atoms with Crippen molar-refractivity contribution in [3.63, 3.8) is 0 Å². The average molecular weight is 252 g/mol. The van der Waals surface area contributed by atoms with Crippen LogP contribution in [0, 0.1) is 0 Å². The molecule has 2 heterocycles. The molecule has 0 amide bonds. The number of nitrogens with zero attached hydrogens (tertiary/aromatic N) is 3. The molecule has 0 fully saturated rings. The van der Waals surface area contributed by atoms with Crippen LogP contribution in [0.3, 0.4) is 0 Å². The summed E-state index contributed by atoms with van der Waals surface area (Å²) >= 11 is 0. The van der Waals surface area contributed by atoms with E-state index in [1.807, 2.05) is 48.4 Å². The lowest BCUT2D eigenvalue weighted by Gasteiger charge is -2.15. The van der Waals surface area contributed by atoms with Crippen LogP contribution in [0.15, 0.2) is 48.9 Å². The summed E-state index contributed by atoms with van der Waals surface area (Å²) in [6.07, 6.45) is 3.62. The minimum atomic E-state index is 0.196. The largest absolute Gasteiger partial charge is 0.362 e. The molecule has 4 heteroatoms. The standard InChI is InChI=1S/C15H16N4/c1-11(12-6-4-3-5-7-12)18-15-14-13(8-9-16-15)19(2)10-17-14/h3-11H,1-2H3,(H,16,18). The monoisotopic (exact) mass is 252 g/mol. The Hall–Kier alpha value is -2.36. The molecule has 0 aliphatic carbocycles. The summed E-state index contributed by atoms with van der Waals surface area (Å²) in [6.45, 7) is 2.12. The molecule has 4 nitrogen and oxygen atoms in total. The van der Waals surface area contributed by atoms with E-state index in [4.69, 9.17) is 0 Å². The van der Waals surface area contributed by atoms with Gasteiger partial charge in [0.2, 0.25) is 0 Å². The van der Waals surface area contributed by atoms with Gasteiger partial charge in [-0.2, -0.15) is 0 Å². The molecule has 1 unspecified atom stereocenters. The highest BCUT2D eigenvalue weighted by atomic mass is 15.1. The van der Waals surface area contributed by atoms with Crippen molar-refractivity contribution in [2.24, 2.45) is 7.05 Å². The smallest absolute Gasteiger partial charge is 0.154 e. The maximum Gasteiger partial charge on any atom is 0.154 e. The summed E-state index contributed by atoms with van der Waals surface area (Å²) in [7, 11) is 1.99. The highest BCUT2D eigenvalue weighted by Crippen LogP contribution is 2.23. The molecule has 1 aromatic carbocycles. The van der Waals surface area contributed by atoms with Gasteiger partial charge in [-0.15, -0.1) is 0 Å². The van der Waals surface area contributed by atoms with Crippen LogP contribution in [-0.4, -0.2) is 14.5 Å². The topological polar surface area (TPSA) is 42.7 Å². The van der Waals surface area contributed by atoms with E-state index in [1.165, 1.54) is 5.56 Å². The number of imidazole rings is 1. The van der Waals surface area contributed by atoms with Gasteiger partial charge in [0.1, 0.15) is 5.52 Å². The zero-order valence-electron chi connectivity index (χ0n) is 11.0. The fourth-order valence-corrected chi connectivity index (χ4v) is 2.20. The predicted octanol–water partition coefficient (Wildman–Crippen LogP) is 3.14. The van der Waals surface area contributed by atoms with E-state index >= 15 is 0 Å². The summed E-state index contributed by atoms with van der Waals surface area (Å²) in [6, 6.07) is 12.5. The molecule has 1 atom stereocenters. The highest BCUT2D eigenvalue weighted by molar-refractivity contribution is 5.85. The van der Waals surface area contributed by atoms with Crippen molar-refractivity contribution in [2.45, 2.75) is 13.0 Å².